The van der Waals surface area contributed by atoms with Gasteiger partial charge < -0.3 is 4.90 Å². The molecular formula is C18H22ClFN4O. The average Bonchev–Trinajstić information content (AvgIpc) is 3.12. The molecule has 3 rings (SSSR count). The molecule has 1 aliphatic heterocycles. The molecule has 0 spiro atoms. The Hall–Kier alpha value is -1.95. The van der Waals surface area contributed by atoms with Gasteiger partial charge in [-0.25, -0.2) is 9.37 Å². The Bertz CT molecular complexity index is 772. The zero-order valence-electron chi connectivity index (χ0n) is 14.7. The van der Waals surface area contributed by atoms with Crippen molar-refractivity contribution in [1.82, 2.24) is 19.7 Å². The number of hydrogen-bond acceptors (Lipinski definition) is 3. The zero-order chi connectivity index (χ0) is 18.1. The van der Waals surface area contributed by atoms with Gasteiger partial charge in [-0.2, -0.15) is 5.10 Å². The molecule has 0 aromatic carbocycles. The van der Waals surface area contributed by atoms with Gasteiger partial charge in [-0.05, 0) is 37.8 Å². The summed E-state index contributed by atoms with van der Waals surface area (Å²) in [6.07, 6.45) is 2.79. The van der Waals surface area contributed by atoms with E-state index >= 15 is 0 Å². The Morgan fingerprint density at radius 3 is 2.84 bits per heavy atom. The van der Waals surface area contributed by atoms with Crippen LogP contribution in [0, 0.1) is 18.7 Å². The molecule has 1 atom stereocenters. The summed E-state index contributed by atoms with van der Waals surface area (Å²) in [6.45, 7) is 7.51. The summed E-state index contributed by atoms with van der Waals surface area (Å²) in [5, 5.41) is 5.15. The van der Waals surface area contributed by atoms with Crippen LogP contribution in [-0.2, 0) is 6.54 Å². The van der Waals surface area contributed by atoms with Crippen LogP contribution in [0.2, 0.25) is 5.15 Å². The van der Waals surface area contributed by atoms with Crippen molar-refractivity contribution < 1.29 is 9.18 Å². The summed E-state index contributed by atoms with van der Waals surface area (Å²) >= 11 is 6.59. The lowest BCUT2D eigenvalue weighted by Gasteiger charge is -2.24. The van der Waals surface area contributed by atoms with Crippen molar-refractivity contribution in [2.75, 3.05) is 6.54 Å². The van der Waals surface area contributed by atoms with E-state index in [0.29, 0.717) is 17.6 Å². The van der Waals surface area contributed by atoms with Gasteiger partial charge in [0.2, 0.25) is 0 Å². The van der Waals surface area contributed by atoms with Gasteiger partial charge in [0.1, 0.15) is 16.7 Å². The molecule has 0 aliphatic carbocycles. The van der Waals surface area contributed by atoms with Crippen molar-refractivity contribution in [2.45, 2.75) is 46.2 Å². The number of hydrogen-bond donors (Lipinski definition) is 0. The fraction of sp³-hybridized carbons (Fsp3) is 0.500. The third-order valence-corrected chi connectivity index (χ3v) is 4.84. The number of likely N-dealkylation sites (tertiary alicyclic amines) is 1. The second-order valence-electron chi connectivity index (χ2n) is 6.88. The molecule has 134 valence electrons. The maximum Gasteiger partial charge on any atom is 0.272 e. The second-order valence-corrected chi connectivity index (χ2v) is 7.24. The first-order valence-electron chi connectivity index (χ1n) is 8.53. The fourth-order valence-electron chi connectivity index (χ4n) is 3.37. The van der Waals surface area contributed by atoms with Crippen LogP contribution < -0.4 is 0 Å². The largest absolute Gasteiger partial charge is 0.330 e. The Morgan fingerprint density at radius 2 is 2.20 bits per heavy atom. The lowest BCUT2D eigenvalue weighted by molar-refractivity contribution is 0.0729. The molecule has 0 saturated carbocycles. The topological polar surface area (TPSA) is 51.0 Å². The molecule has 1 saturated heterocycles. The molecule has 0 bridgehead atoms. The molecule has 1 aliphatic rings. The molecule has 2 aromatic rings. The van der Waals surface area contributed by atoms with E-state index in [9.17, 15) is 9.18 Å². The third-order valence-electron chi connectivity index (χ3n) is 4.44. The zero-order valence-corrected chi connectivity index (χ0v) is 15.4. The normalized spacial score (nSPS) is 17.5. The summed E-state index contributed by atoms with van der Waals surface area (Å²) in [5.74, 6) is -0.229. The number of aromatic nitrogens is 3. The number of carbonyl (C=O) groups is 1. The van der Waals surface area contributed by atoms with Crippen LogP contribution in [0.25, 0.3) is 0 Å². The van der Waals surface area contributed by atoms with Crippen LogP contribution in [0.1, 0.15) is 54.5 Å². The number of halogens is 2. The quantitative estimate of drug-likeness (QED) is 0.823. The van der Waals surface area contributed by atoms with E-state index in [2.05, 4.69) is 23.9 Å². The third kappa shape index (κ3) is 3.54. The van der Waals surface area contributed by atoms with Gasteiger partial charge >= 0.3 is 0 Å². The van der Waals surface area contributed by atoms with Crippen LogP contribution in [0.3, 0.4) is 0 Å². The molecule has 0 radical (unpaired) electrons. The van der Waals surface area contributed by atoms with Crippen molar-refractivity contribution >= 4 is 17.5 Å². The van der Waals surface area contributed by atoms with Crippen molar-refractivity contribution in [3.8, 4) is 0 Å². The van der Waals surface area contributed by atoms with Crippen LogP contribution in [0.4, 0.5) is 4.39 Å². The molecule has 1 amide bonds. The second kappa shape index (κ2) is 7.12. The number of nitrogens with zero attached hydrogens (tertiary/aromatic N) is 4. The van der Waals surface area contributed by atoms with E-state index in [-0.39, 0.29) is 17.6 Å². The van der Waals surface area contributed by atoms with E-state index in [1.165, 1.54) is 12.1 Å². The van der Waals surface area contributed by atoms with Gasteiger partial charge in [-0.15, -0.1) is 0 Å². The number of aryl methyl sites for hydroxylation is 1. The molecule has 5 nitrogen and oxygen atoms in total. The number of carbonyl (C=O) groups excluding carboxylic acids is 1. The van der Waals surface area contributed by atoms with Gasteiger partial charge in [0.25, 0.3) is 5.91 Å². The van der Waals surface area contributed by atoms with Gasteiger partial charge in [-0.1, -0.05) is 25.4 Å². The van der Waals surface area contributed by atoms with E-state index in [1.807, 2.05) is 11.6 Å². The smallest absolute Gasteiger partial charge is 0.272 e. The van der Waals surface area contributed by atoms with E-state index in [1.54, 1.807) is 4.90 Å². The summed E-state index contributed by atoms with van der Waals surface area (Å²) in [6, 6.07) is 2.56. The highest BCUT2D eigenvalue weighted by Gasteiger charge is 2.35. The highest BCUT2D eigenvalue weighted by atomic mass is 35.5. The minimum atomic E-state index is -0.455. The highest BCUT2D eigenvalue weighted by molar-refractivity contribution is 6.30. The minimum Gasteiger partial charge on any atom is -0.330 e. The maximum atomic E-state index is 13.1. The molecular weight excluding hydrogens is 343 g/mol. The molecule has 2 aromatic heterocycles. The fourth-order valence-corrected chi connectivity index (χ4v) is 3.74. The first-order chi connectivity index (χ1) is 11.9. The predicted octanol–water partition coefficient (Wildman–Crippen LogP) is 4.01. The predicted molar refractivity (Wildman–Crippen MR) is 94.0 cm³/mol. The van der Waals surface area contributed by atoms with Crippen molar-refractivity contribution in [1.29, 1.82) is 0 Å². The van der Waals surface area contributed by atoms with Crippen LogP contribution in [0.15, 0.2) is 18.3 Å². The SMILES string of the molecule is Cc1nn(CC(C)C)c(Cl)c1[C@@H]1CCCN1C(=O)c1ccc(F)cn1. The first kappa shape index (κ1) is 17.9. The molecule has 25 heavy (non-hydrogen) atoms. The van der Waals surface area contributed by atoms with Gasteiger partial charge in [-0.3, -0.25) is 9.48 Å². The summed E-state index contributed by atoms with van der Waals surface area (Å²) in [4.78, 5) is 18.5. The van der Waals surface area contributed by atoms with Crippen molar-refractivity contribution in [3.05, 3.63) is 46.3 Å². The lowest BCUT2D eigenvalue weighted by Crippen LogP contribution is -2.31. The Kier molecular flexibility index (Phi) is 5.08. The van der Waals surface area contributed by atoms with Crippen LogP contribution in [0.5, 0.6) is 0 Å². The van der Waals surface area contributed by atoms with E-state index < -0.39 is 5.82 Å². The average molecular weight is 365 g/mol. The lowest BCUT2D eigenvalue weighted by atomic mass is 10.1. The Morgan fingerprint density at radius 1 is 1.44 bits per heavy atom. The molecule has 3 heterocycles. The summed E-state index contributed by atoms with van der Waals surface area (Å²) in [7, 11) is 0. The van der Waals surface area contributed by atoms with Crippen LogP contribution >= 0.6 is 11.6 Å². The maximum absolute atomic E-state index is 13.1. The van der Waals surface area contributed by atoms with Gasteiger partial charge in [0.15, 0.2) is 0 Å². The van der Waals surface area contributed by atoms with Gasteiger partial charge in [0, 0.05) is 18.7 Å². The monoisotopic (exact) mass is 364 g/mol. The number of amides is 1. The number of pyridine rings is 1. The Balaban J connectivity index is 1.90. The van der Waals surface area contributed by atoms with Crippen molar-refractivity contribution in [3.63, 3.8) is 0 Å². The summed E-state index contributed by atoms with van der Waals surface area (Å²) < 4.78 is 14.9. The molecule has 1 fully saturated rings. The van der Waals surface area contributed by atoms with Crippen LogP contribution in [-0.4, -0.2) is 32.1 Å². The van der Waals surface area contributed by atoms with E-state index in [4.69, 9.17) is 11.6 Å². The first-order valence-corrected chi connectivity index (χ1v) is 8.91. The summed E-state index contributed by atoms with van der Waals surface area (Å²) in [5.41, 5.74) is 2.01. The minimum absolute atomic E-state index is 0.118. The molecule has 0 unspecified atom stereocenters. The van der Waals surface area contributed by atoms with Gasteiger partial charge in [0.05, 0.1) is 17.9 Å². The Labute approximate surface area is 151 Å². The highest BCUT2D eigenvalue weighted by Crippen LogP contribution is 2.38. The number of rotatable bonds is 4. The standard InChI is InChI=1S/C18H22ClFN4O/c1-11(2)10-24-17(19)16(12(3)22-24)15-5-4-8-23(15)18(25)14-7-6-13(20)9-21-14/h6-7,9,11,15H,4-5,8,10H2,1-3H3/t15-/m0/s1. The molecule has 7 heteroatoms. The van der Waals surface area contributed by atoms with E-state index in [0.717, 1.165) is 36.8 Å². The van der Waals surface area contributed by atoms with Crippen molar-refractivity contribution in [2.24, 2.45) is 5.92 Å². The molecule has 0 N–H and O–H groups in total.